The summed E-state index contributed by atoms with van der Waals surface area (Å²) in [5, 5.41) is 12.9. The summed E-state index contributed by atoms with van der Waals surface area (Å²) in [6, 6.07) is 0. The number of aromatic nitrogens is 2. The summed E-state index contributed by atoms with van der Waals surface area (Å²) in [5.74, 6) is -0.450. The van der Waals surface area contributed by atoms with Crippen molar-refractivity contribution in [2.24, 2.45) is 17.8 Å². The zero-order valence-corrected chi connectivity index (χ0v) is 13.1. The minimum atomic E-state index is -4.87. The van der Waals surface area contributed by atoms with Gasteiger partial charge in [0.2, 0.25) is 5.60 Å². The highest BCUT2D eigenvalue weighted by atomic mass is 19.4. The maximum absolute atomic E-state index is 13.2. The number of hydrogen-bond donors (Lipinski definition) is 3. The third-order valence-electron chi connectivity index (χ3n) is 2.92. The molecule has 0 aliphatic rings. The Morgan fingerprint density at radius 3 is 2.41 bits per heavy atom. The Hall–Kier alpha value is -1.77. The van der Waals surface area contributed by atoms with E-state index in [0.717, 1.165) is 4.57 Å². The van der Waals surface area contributed by atoms with Gasteiger partial charge in [-0.05, 0) is 20.8 Å². The summed E-state index contributed by atoms with van der Waals surface area (Å²) in [6.07, 6.45) is -3.00. The van der Waals surface area contributed by atoms with Gasteiger partial charge < -0.3 is 20.7 Å². The summed E-state index contributed by atoms with van der Waals surface area (Å²) in [6.45, 7) is 5.23. The van der Waals surface area contributed by atoms with Gasteiger partial charge >= 0.3 is 6.18 Å². The van der Waals surface area contributed by atoms with E-state index in [1.807, 2.05) is 20.8 Å². The van der Waals surface area contributed by atoms with Gasteiger partial charge in [-0.3, -0.25) is 4.99 Å². The van der Waals surface area contributed by atoms with Crippen LogP contribution in [-0.2, 0) is 12.6 Å². The lowest BCUT2D eigenvalue weighted by molar-refractivity contribution is -0.272. The molecule has 0 aliphatic heterocycles. The molecule has 0 radical (unpaired) electrons. The smallest absolute Gasteiger partial charge is 0.374 e. The Morgan fingerprint density at radius 2 is 2.00 bits per heavy atom. The lowest BCUT2D eigenvalue weighted by atomic mass is 9.98. The van der Waals surface area contributed by atoms with Crippen molar-refractivity contribution in [1.29, 1.82) is 0 Å². The fourth-order valence-electron chi connectivity index (χ4n) is 1.91. The van der Waals surface area contributed by atoms with Crippen LogP contribution in [0.1, 0.15) is 33.0 Å². The van der Waals surface area contributed by atoms with Crippen LogP contribution in [0, 0.1) is 0 Å². The first-order chi connectivity index (χ1) is 9.87. The first-order valence-electron chi connectivity index (χ1n) is 6.72. The quantitative estimate of drug-likeness (QED) is 0.575. The Morgan fingerprint density at radius 1 is 1.41 bits per heavy atom. The van der Waals surface area contributed by atoms with Crippen molar-refractivity contribution in [2.75, 3.05) is 6.54 Å². The van der Waals surface area contributed by atoms with Crippen molar-refractivity contribution in [3.8, 4) is 0 Å². The lowest BCUT2D eigenvalue weighted by Gasteiger charge is -2.29. The van der Waals surface area contributed by atoms with E-state index in [0.29, 0.717) is 0 Å². The molecule has 0 saturated heterocycles. The number of aryl methyl sites for hydroxylation is 1. The van der Waals surface area contributed by atoms with Crippen molar-refractivity contribution in [3.05, 3.63) is 18.2 Å². The maximum Gasteiger partial charge on any atom is 0.424 e. The van der Waals surface area contributed by atoms with Crippen LogP contribution in [0.3, 0.4) is 0 Å². The van der Waals surface area contributed by atoms with Gasteiger partial charge in [0.15, 0.2) is 5.96 Å². The summed E-state index contributed by atoms with van der Waals surface area (Å²) < 4.78 is 40.9. The molecule has 9 heteroatoms. The van der Waals surface area contributed by atoms with Crippen molar-refractivity contribution in [1.82, 2.24) is 14.9 Å². The van der Waals surface area contributed by atoms with E-state index in [2.05, 4.69) is 15.3 Å². The van der Waals surface area contributed by atoms with Gasteiger partial charge in [0.05, 0.1) is 0 Å². The third-order valence-corrected chi connectivity index (χ3v) is 2.92. The molecule has 1 rings (SSSR count). The Kier molecular flexibility index (Phi) is 5.11. The van der Waals surface area contributed by atoms with E-state index >= 15 is 0 Å². The predicted octanol–water partition coefficient (Wildman–Crippen LogP) is 1.26. The number of rotatable bonds is 4. The molecule has 1 unspecified atom stereocenters. The molecule has 1 aromatic heterocycles. The van der Waals surface area contributed by atoms with Gasteiger partial charge in [0, 0.05) is 37.9 Å². The first kappa shape index (κ1) is 18.3. The van der Waals surface area contributed by atoms with Crippen LogP contribution in [0.4, 0.5) is 13.2 Å². The number of nitrogens with one attached hydrogen (secondary N) is 1. The average molecular weight is 321 g/mol. The third kappa shape index (κ3) is 4.36. The Bertz CT molecular complexity index is 533. The monoisotopic (exact) mass is 321 g/mol. The lowest BCUT2D eigenvalue weighted by Crippen LogP contribution is -2.46. The topological polar surface area (TPSA) is 88.5 Å². The number of aliphatic imine (C=N–C) groups is 1. The van der Waals surface area contributed by atoms with Crippen LogP contribution in [0.15, 0.2) is 17.4 Å². The molecule has 1 aromatic rings. The van der Waals surface area contributed by atoms with E-state index < -0.39 is 24.0 Å². The number of nitrogens with two attached hydrogens (primary N) is 1. The van der Waals surface area contributed by atoms with Crippen molar-refractivity contribution in [2.45, 2.75) is 44.5 Å². The highest BCUT2D eigenvalue weighted by Crippen LogP contribution is 2.40. The van der Waals surface area contributed by atoms with Crippen LogP contribution in [0.5, 0.6) is 0 Å². The van der Waals surface area contributed by atoms with E-state index in [-0.39, 0.29) is 18.0 Å². The minimum Gasteiger partial charge on any atom is -0.374 e. The second-order valence-corrected chi connectivity index (χ2v) is 6.11. The number of aliphatic hydroxyl groups is 1. The van der Waals surface area contributed by atoms with Gasteiger partial charge in [-0.15, -0.1) is 0 Å². The van der Waals surface area contributed by atoms with E-state index in [1.165, 1.54) is 19.4 Å². The molecule has 22 heavy (non-hydrogen) atoms. The van der Waals surface area contributed by atoms with Gasteiger partial charge in [0.25, 0.3) is 0 Å². The van der Waals surface area contributed by atoms with Crippen LogP contribution in [-0.4, -0.2) is 38.9 Å². The van der Waals surface area contributed by atoms with Gasteiger partial charge in [-0.2, -0.15) is 13.2 Å². The van der Waals surface area contributed by atoms with Crippen LogP contribution in [0.25, 0.3) is 0 Å². The van der Waals surface area contributed by atoms with Crippen LogP contribution >= 0.6 is 0 Å². The predicted molar refractivity (Wildman–Crippen MR) is 77.2 cm³/mol. The molecule has 0 fully saturated rings. The first-order valence-corrected chi connectivity index (χ1v) is 6.72. The second kappa shape index (κ2) is 6.15. The fourth-order valence-corrected chi connectivity index (χ4v) is 1.91. The Labute approximate surface area is 127 Å². The molecular formula is C13H22F3N5O. The number of imidazole rings is 1. The number of hydrogen-bond acceptors (Lipinski definition) is 3. The molecule has 1 heterocycles. The molecule has 1 atom stereocenters. The largest absolute Gasteiger partial charge is 0.424 e. The van der Waals surface area contributed by atoms with Crippen molar-refractivity contribution < 1.29 is 18.3 Å². The number of guanidine groups is 1. The molecule has 126 valence electrons. The highest BCUT2D eigenvalue weighted by Gasteiger charge is 2.57. The normalized spacial score (nSPS) is 16.5. The molecule has 0 aliphatic carbocycles. The number of alkyl halides is 3. The van der Waals surface area contributed by atoms with E-state index in [9.17, 15) is 18.3 Å². The summed E-state index contributed by atoms with van der Waals surface area (Å²) in [5.41, 5.74) is 2.18. The Balaban J connectivity index is 2.90. The molecular weight excluding hydrogens is 299 g/mol. The van der Waals surface area contributed by atoms with Gasteiger partial charge in [0.1, 0.15) is 5.82 Å². The summed E-state index contributed by atoms with van der Waals surface area (Å²) >= 11 is 0. The SMILES string of the molecule is Cn1ccnc1C(O)(CCN=C(N)NC(C)(C)C)C(F)(F)F. The standard InChI is InChI=1S/C13H22F3N5O/c1-11(2,3)20-10(17)19-6-5-12(22,13(14,15)16)9-18-7-8-21(9)4/h7-8,22H,5-6H2,1-4H3,(H3,17,19,20). The molecule has 6 nitrogen and oxygen atoms in total. The molecule has 0 bridgehead atoms. The van der Waals surface area contributed by atoms with E-state index in [4.69, 9.17) is 5.73 Å². The number of nitrogens with zero attached hydrogens (tertiary/aromatic N) is 3. The molecule has 0 aromatic carbocycles. The summed E-state index contributed by atoms with van der Waals surface area (Å²) in [7, 11) is 1.39. The van der Waals surface area contributed by atoms with Gasteiger partial charge in [-0.25, -0.2) is 4.98 Å². The van der Waals surface area contributed by atoms with E-state index in [1.54, 1.807) is 0 Å². The van der Waals surface area contributed by atoms with Gasteiger partial charge in [-0.1, -0.05) is 0 Å². The van der Waals surface area contributed by atoms with Crippen molar-refractivity contribution >= 4 is 5.96 Å². The fraction of sp³-hybridized carbons (Fsp3) is 0.692. The zero-order chi connectivity index (χ0) is 17.2. The molecule has 0 amide bonds. The van der Waals surface area contributed by atoms with Crippen LogP contribution in [0.2, 0.25) is 0 Å². The van der Waals surface area contributed by atoms with Crippen molar-refractivity contribution in [3.63, 3.8) is 0 Å². The number of halogens is 3. The maximum atomic E-state index is 13.2. The average Bonchev–Trinajstić information content (AvgIpc) is 2.71. The molecule has 4 N–H and O–H groups in total. The molecule has 0 saturated carbocycles. The minimum absolute atomic E-state index is 0.0249. The van der Waals surface area contributed by atoms with Crippen LogP contribution < -0.4 is 11.1 Å². The zero-order valence-electron chi connectivity index (χ0n) is 13.1. The highest BCUT2D eigenvalue weighted by molar-refractivity contribution is 5.78. The molecule has 0 spiro atoms. The summed E-state index contributed by atoms with van der Waals surface area (Å²) in [4.78, 5) is 7.44. The second-order valence-electron chi connectivity index (χ2n) is 6.11.